The molecule has 1 N–H and O–H groups in total. The summed E-state index contributed by atoms with van der Waals surface area (Å²) >= 11 is 4.60. The Morgan fingerprint density at radius 2 is 2.23 bits per heavy atom. The predicted octanol–water partition coefficient (Wildman–Crippen LogP) is 1.40. The van der Waals surface area contributed by atoms with Crippen molar-refractivity contribution in [2.75, 3.05) is 6.61 Å². The van der Waals surface area contributed by atoms with Gasteiger partial charge in [0, 0.05) is 10.0 Å². The molecule has 22 heavy (non-hydrogen) atoms. The Morgan fingerprint density at radius 3 is 2.91 bits per heavy atom. The molecule has 1 amide bonds. The fourth-order valence-electron chi connectivity index (χ4n) is 1.51. The molecule has 0 spiro atoms. The van der Waals surface area contributed by atoms with Crippen LogP contribution in [0.4, 0.5) is 0 Å². The molecule has 2 aromatic rings. The number of hydrazone groups is 1. The van der Waals surface area contributed by atoms with Crippen molar-refractivity contribution in [3.63, 3.8) is 0 Å². The van der Waals surface area contributed by atoms with Crippen molar-refractivity contribution in [1.82, 2.24) is 5.43 Å². The molecular formula is C14H10BrN2O4S-. The van der Waals surface area contributed by atoms with E-state index in [-0.39, 0.29) is 5.91 Å². The SMILES string of the molecule is O=C([O-])COc1ccc(Br)cc1/C=N\NC(=O)c1cccs1. The van der Waals surface area contributed by atoms with E-state index in [1.807, 2.05) is 0 Å². The van der Waals surface area contributed by atoms with Crippen molar-refractivity contribution >= 4 is 45.4 Å². The second kappa shape index (κ2) is 7.71. The Kier molecular flexibility index (Phi) is 5.68. The average Bonchev–Trinajstić information content (AvgIpc) is 3.00. The smallest absolute Gasteiger partial charge is 0.281 e. The number of rotatable bonds is 6. The third-order valence-electron chi connectivity index (χ3n) is 2.43. The summed E-state index contributed by atoms with van der Waals surface area (Å²) in [6.07, 6.45) is 1.38. The first-order chi connectivity index (χ1) is 10.6. The molecule has 0 bridgehead atoms. The Balaban J connectivity index is 2.07. The minimum absolute atomic E-state index is 0.321. The summed E-state index contributed by atoms with van der Waals surface area (Å²) in [6.45, 7) is -0.565. The monoisotopic (exact) mass is 381 g/mol. The number of carbonyl (C=O) groups is 2. The maximum atomic E-state index is 11.7. The van der Waals surface area contributed by atoms with Crippen LogP contribution < -0.4 is 15.3 Å². The largest absolute Gasteiger partial charge is 0.546 e. The topological polar surface area (TPSA) is 90.8 Å². The molecule has 0 radical (unpaired) electrons. The van der Waals surface area contributed by atoms with Gasteiger partial charge in [-0.05, 0) is 29.6 Å². The maximum Gasteiger partial charge on any atom is 0.281 e. The number of halogens is 1. The Bertz CT molecular complexity index is 701. The number of benzene rings is 1. The van der Waals surface area contributed by atoms with Crippen molar-refractivity contribution in [2.24, 2.45) is 5.10 Å². The summed E-state index contributed by atoms with van der Waals surface area (Å²) in [5.74, 6) is -1.32. The number of nitrogens with one attached hydrogen (secondary N) is 1. The number of hydrogen-bond acceptors (Lipinski definition) is 6. The molecule has 0 atom stereocenters. The molecule has 0 aliphatic rings. The molecule has 2 rings (SSSR count). The second-order valence-corrected chi connectivity index (χ2v) is 5.88. The van der Waals surface area contributed by atoms with Crippen LogP contribution in [0.2, 0.25) is 0 Å². The number of aliphatic carboxylic acids is 1. The molecule has 1 aromatic carbocycles. The maximum absolute atomic E-state index is 11.7. The van der Waals surface area contributed by atoms with Gasteiger partial charge in [-0.2, -0.15) is 5.10 Å². The van der Waals surface area contributed by atoms with Gasteiger partial charge in [0.2, 0.25) is 0 Å². The Morgan fingerprint density at radius 1 is 1.41 bits per heavy atom. The minimum Gasteiger partial charge on any atom is -0.546 e. The molecule has 8 heteroatoms. The van der Waals surface area contributed by atoms with Gasteiger partial charge in [0.15, 0.2) is 0 Å². The van der Waals surface area contributed by atoms with Crippen LogP contribution in [0, 0.1) is 0 Å². The summed E-state index contributed by atoms with van der Waals surface area (Å²) < 4.78 is 5.86. The Labute approximate surface area is 138 Å². The van der Waals surface area contributed by atoms with E-state index < -0.39 is 12.6 Å². The summed E-state index contributed by atoms with van der Waals surface area (Å²) in [7, 11) is 0. The highest BCUT2D eigenvalue weighted by Crippen LogP contribution is 2.21. The highest BCUT2D eigenvalue weighted by molar-refractivity contribution is 9.10. The quantitative estimate of drug-likeness (QED) is 0.604. The first-order valence-corrected chi connectivity index (χ1v) is 7.72. The number of nitrogens with zero attached hydrogens (tertiary/aromatic N) is 1. The van der Waals surface area contributed by atoms with Crippen LogP contribution in [0.3, 0.4) is 0 Å². The van der Waals surface area contributed by atoms with Crippen LogP contribution in [0.15, 0.2) is 45.3 Å². The van der Waals surface area contributed by atoms with E-state index in [0.717, 1.165) is 4.47 Å². The Hall–Kier alpha value is -2.19. The standard InChI is InChI=1S/C14H11BrN2O4S/c15-10-3-4-11(21-8-13(18)19)9(6-10)7-16-17-14(20)12-2-1-5-22-12/h1-7H,8H2,(H,17,20)(H,18,19)/p-1/b16-7-. The van der Waals surface area contributed by atoms with Crippen molar-refractivity contribution in [3.8, 4) is 5.75 Å². The molecule has 6 nitrogen and oxygen atoms in total. The first kappa shape index (κ1) is 16.2. The van der Waals surface area contributed by atoms with Gasteiger partial charge in [0.05, 0.1) is 17.1 Å². The van der Waals surface area contributed by atoms with Gasteiger partial charge in [-0.3, -0.25) is 4.79 Å². The molecule has 1 heterocycles. The average molecular weight is 382 g/mol. The van der Waals surface area contributed by atoms with Crippen molar-refractivity contribution in [1.29, 1.82) is 0 Å². The molecular weight excluding hydrogens is 372 g/mol. The summed E-state index contributed by atoms with van der Waals surface area (Å²) in [6, 6.07) is 8.43. The van der Waals surface area contributed by atoms with E-state index in [2.05, 4.69) is 26.5 Å². The van der Waals surface area contributed by atoms with Gasteiger partial charge >= 0.3 is 0 Å². The van der Waals surface area contributed by atoms with Crippen molar-refractivity contribution in [2.45, 2.75) is 0 Å². The molecule has 0 unspecified atom stereocenters. The van der Waals surface area contributed by atoms with Gasteiger partial charge in [-0.1, -0.05) is 22.0 Å². The molecule has 0 aliphatic carbocycles. The van der Waals surface area contributed by atoms with E-state index in [1.54, 1.807) is 35.7 Å². The van der Waals surface area contributed by atoms with Crippen LogP contribution in [0.1, 0.15) is 15.2 Å². The molecule has 0 aliphatic heterocycles. The number of carboxylic acids is 1. The van der Waals surface area contributed by atoms with Gasteiger partial charge in [0.1, 0.15) is 12.4 Å². The van der Waals surface area contributed by atoms with E-state index in [1.165, 1.54) is 17.6 Å². The van der Waals surface area contributed by atoms with Gasteiger partial charge in [-0.15, -0.1) is 11.3 Å². The van der Waals surface area contributed by atoms with Gasteiger partial charge in [-0.25, -0.2) is 5.43 Å². The van der Waals surface area contributed by atoms with E-state index in [4.69, 9.17) is 4.74 Å². The highest BCUT2D eigenvalue weighted by Gasteiger charge is 2.05. The van der Waals surface area contributed by atoms with Crippen molar-refractivity contribution < 1.29 is 19.4 Å². The van der Waals surface area contributed by atoms with Crippen molar-refractivity contribution in [3.05, 3.63) is 50.6 Å². The molecule has 0 saturated carbocycles. The first-order valence-electron chi connectivity index (χ1n) is 6.05. The van der Waals surface area contributed by atoms with Gasteiger partial charge < -0.3 is 14.6 Å². The summed E-state index contributed by atoms with van der Waals surface area (Å²) in [4.78, 5) is 22.7. The third-order valence-corrected chi connectivity index (χ3v) is 3.79. The number of ether oxygens (including phenoxy) is 1. The zero-order valence-corrected chi connectivity index (χ0v) is 13.5. The summed E-state index contributed by atoms with van der Waals surface area (Å²) in [5, 5.41) is 16.1. The van der Waals surface area contributed by atoms with Crippen LogP contribution in [-0.2, 0) is 4.79 Å². The van der Waals surface area contributed by atoms with Crippen LogP contribution in [0.5, 0.6) is 5.75 Å². The normalized spacial score (nSPS) is 10.6. The number of amides is 1. The fourth-order valence-corrected chi connectivity index (χ4v) is 2.50. The summed E-state index contributed by atoms with van der Waals surface area (Å²) in [5.41, 5.74) is 2.90. The highest BCUT2D eigenvalue weighted by atomic mass is 79.9. The van der Waals surface area contributed by atoms with E-state index in [0.29, 0.717) is 16.2 Å². The van der Waals surface area contributed by atoms with Gasteiger partial charge in [0.25, 0.3) is 5.91 Å². The number of carboxylic acid groups (broad SMARTS) is 1. The fraction of sp³-hybridized carbons (Fsp3) is 0.0714. The lowest BCUT2D eigenvalue weighted by atomic mass is 10.2. The lowest BCUT2D eigenvalue weighted by Gasteiger charge is -2.09. The predicted molar refractivity (Wildman–Crippen MR) is 84.0 cm³/mol. The lowest BCUT2D eigenvalue weighted by molar-refractivity contribution is -0.307. The third kappa shape index (κ3) is 4.68. The van der Waals surface area contributed by atoms with E-state index >= 15 is 0 Å². The number of hydrogen-bond donors (Lipinski definition) is 1. The zero-order chi connectivity index (χ0) is 15.9. The van der Waals surface area contributed by atoms with Crippen LogP contribution >= 0.6 is 27.3 Å². The number of thiophene rings is 1. The molecule has 0 saturated heterocycles. The zero-order valence-electron chi connectivity index (χ0n) is 11.1. The minimum atomic E-state index is -1.32. The van der Waals surface area contributed by atoms with E-state index in [9.17, 15) is 14.7 Å². The van der Waals surface area contributed by atoms with Crippen LogP contribution in [-0.4, -0.2) is 24.7 Å². The molecule has 114 valence electrons. The van der Waals surface area contributed by atoms with Crippen LogP contribution in [0.25, 0.3) is 0 Å². The number of carbonyl (C=O) groups excluding carboxylic acids is 2. The molecule has 0 fully saturated rings. The lowest BCUT2D eigenvalue weighted by Crippen LogP contribution is -2.29. The molecule has 1 aromatic heterocycles. The second-order valence-electron chi connectivity index (χ2n) is 4.02.